The molecule has 11 heteroatoms. The highest BCUT2D eigenvalue weighted by Gasteiger charge is 2.50. The average molecular weight is 398 g/mol. The topological polar surface area (TPSA) is 73.8 Å². The first kappa shape index (κ1) is 20.0. The van der Waals surface area contributed by atoms with Crippen LogP contribution in [0.4, 0.5) is 13.2 Å². The number of hydrogen-bond acceptors (Lipinski definition) is 4. The molecule has 1 fully saturated rings. The molecule has 0 aromatic carbocycles. The van der Waals surface area contributed by atoms with E-state index in [1.165, 1.54) is 0 Å². The highest BCUT2D eigenvalue weighted by Crippen LogP contribution is 2.28. The van der Waals surface area contributed by atoms with E-state index >= 15 is 0 Å². The average Bonchev–Trinajstić information content (AvgIpc) is 3.06. The molecule has 1 aromatic heterocycles. The van der Waals surface area contributed by atoms with Gasteiger partial charge in [0, 0.05) is 25.7 Å². The number of guanidine groups is 1. The van der Waals surface area contributed by atoms with Crippen molar-refractivity contribution >= 4 is 27.3 Å². The van der Waals surface area contributed by atoms with E-state index in [-0.39, 0.29) is 32.0 Å². The van der Waals surface area contributed by atoms with Gasteiger partial charge in [0.05, 0.1) is 6.54 Å². The summed E-state index contributed by atoms with van der Waals surface area (Å²) in [6.45, 7) is 2.74. The first-order chi connectivity index (χ1) is 11.7. The zero-order valence-electron chi connectivity index (χ0n) is 13.7. The maximum absolute atomic E-state index is 12.6. The fourth-order valence-electron chi connectivity index (χ4n) is 2.45. The smallest absolute Gasteiger partial charge is 0.357 e. The van der Waals surface area contributed by atoms with Gasteiger partial charge in [-0.2, -0.15) is 28.8 Å². The third-order valence-electron chi connectivity index (χ3n) is 3.77. The Balaban J connectivity index is 1.91. The summed E-state index contributed by atoms with van der Waals surface area (Å²) in [4.78, 5) is 4.45. The zero-order chi connectivity index (χ0) is 18.5. The predicted molar refractivity (Wildman–Crippen MR) is 91.8 cm³/mol. The third-order valence-corrected chi connectivity index (χ3v) is 6.13. The van der Waals surface area contributed by atoms with Crippen LogP contribution in [0.3, 0.4) is 0 Å². The van der Waals surface area contributed by atoms with Crippen LogP contribution in [-0.2, 0) is 16.6 Å². The first-order valence-corrected chi connectivity index (χ1v) is 10.2. The largest absolute Gasteiger partial charge is 0.511 e. The summed E-state index contributed by atoms with van der Waals surface area (Å²) in [5.41, 5.74) is -4.17. The molecule has 6 nitrogen and oxygen atoms in total. The molecule has 0 aliphatic carbocycles. The van der Waals surface area contributed by atoms with E-state index in [0.717, 1.165) is 5.56 Å². The highest BCUT2D eigenvalue weighted by molar-refractivity contribution is 7.90. The van der Waals surface area contributed by atoms with Gasteiger partial charge in [0.1, 0.15) is 0 Å². The maximum Gasteiger partial charge on any atom is 0.511 e. The fraction of sp³-hybridized carbons (Fsp3) is 0.643. The highest BCUT2D eigenvalue weighted by atomic mass is 32.2. The molecule has 0 saturated carbocycles. The molecule has 2 N–H and O–H groups in total. The number of nitrogens with one attached hydrogen (secondary N) is 2. The minimum atomic E-state index is -5.25. The molecule has 0 atom stereocenters. The molecule has 0 radical (unpaired) electrons. The molecule has 1 aromatic rings. The Morgan fingerprint density at radius 1 is 1.40 bits per heavy atom. The lowest BCUT2D eigenvalue weighted by atomic mass is 10.1. The van der Waals surface area contributed by atoms with Crippen molar-refractivity contribution in [2.45, 2.75) is 37.9 Å². The number of aliphatic imine (C=N–C) groups is 1. The number of sulfonamides is 1. The van der Waals surface area contributed by atoms with E-state index in [4.69, 9.17) is 0 Å². The number of alkyl halides is 3. The van der Waals surface area contributed by atoms with Gasteiger partial charge in [0.25, 0.3) is 0 Å². The van der Waals surface area contributed by atoms with Gasteiger partial charge in [0.2, 0.25) is 0 Å². The van der Waals surface area contributed by atoms with E-state index in [9.17, 15) is 21.6 Å². The molecule has 142 valence electrons. The van der Waals surface area contributed by atoms with Crippen LogP contribution in [0, 0.1) is 0 Å². The summed E-state index contributed by atoms with van der Waals surface area (Å²) >= 11 is 1.58. The molecule has 25 heavy (non-hydrogen) atoms. The number of hydrogen-bond donors (Lipinski definition) is 2. The Labute approximate surface area is 149 Å². The molecular weight excluding hydrogens is 377 g/mol. The Bertz CT molecular complexity index is 667. The van der Waals surface area contributed by atoms with Gasteiger partial charge >= 0.3 is 15.5 Å². The van der Waals surface area contributed by atoms with Gasteiger partial charge in [-0.1, -0.05) is 0 Å². The van der Waals surface area contributed by atoms with E-state index in [1.807, 2.05) is 23.8 Å². The summed E-state index contributed by atoms with van der Waals surface area (Å²) in [7, 11) is -5.24. The second-order valence-corrected chi connectivity index (χ2v) is 8.30. The minimum absolute atomic E-state index is 0.125. The Kier molecular flexibility index (Phi) is 6.69. The van der Waals surface area contributed by atoms with E-state index in [0.29, 0.717) is 23.4 Å². The standard InChI is InChI=1S/C14H21F3N4O2S2/c1-2-18-13(19-9-11-5-8-24-10-11)20-12-3-6-21(7-4-12)25(22,23)14(15,16)17/h5,8,10,12H,2-4,6-7,9H2,1H3,(H2,18,19,20). The second kappa shape index (κ2) is 8.37. The normalized spacial score (nSPS) is 18.3. The van der Waals surface area contributed by atoms with Gasteiger partial charge in [-0.25, -0.2) is 13.4 Å². The summed E-state index contributed by atoms with van der Waals surface area (Å²) < 4.78 is 61.1. The van der Waals surface area contributed by atoms with Crippen molar-refractivity contribution in [1.29, 1.82) is 0 Å². The Morgan fingerprint density at radius 2 is 2.08 bits per heavy atom. The monoisotopic (exact) mass is 398 g/mol. The SMILES string of the molecule is CCNC(=NCc1ccsc1)NC1CCN(S(=O)(=O)C(F)(F)F)CC1. The number of thiophene rings is 1. The zero-order valence-corrected chi connectivity index (χ0v) is 15.3. The molecule has 0 amide bonds. The maximum atomic E-state index is 12.6. The van der Waals surface area contributed by atoms with Crippen molar-refractivity contribution in [2.75, 3.05) is 19.6 Å². The molecule has 0 bridgehead atoms. The molecule has 0 unspecified atom stereocenters. The van der Waals surface area contributed by atoms with Crippen molar-refractivity contribution in [2.24, 2.45) is 4.99 Å². The number of nitrogens with zero attached hydrogens (tertiary/aromatic N) is 2. The Hall–Kier alpha value is -1.33. The second-order valence-electron chi connectivity index (χ2n) is 5.60. The molecule has 2 heterocycles. The van der Waals surface area contributed by atoms with Crippen LogP contribution in [0.15, 0.2) is 21.8 Å². The third kappa shape index (κ3) is 5.32. The van der Waals surface area contributed by atoms with Crippen LogP contribution < -0.4 is 10.6 Å². The lowest BCUT2D eigenvalue weighted by Crippen LogP contribution is -2.51. The summed E-state index contributed by atoms with van der Waals surface area (Å²) in [5, 5.41) is 10.2. The van der Waals surface area contributed by atoms with Crippen molar-refractivity contribution in [1.82, 2.24) is 14.9 Å². The van der Waals surface area contributed by atoms with Crippen molar-refractivity contribution in [3.05, 3.63) is 22.4 Å². The van der Waals surface area contributed by atoms with E-state index < -0.39 is 15.5 Å². The van der Waals surface area contributed by atoms with Crippen LogP contribution in [-0.4, -0.2) is 49.9 Å². The van der Waals surface area contributed by atoms with Crippen LogP contribution in [0.25, 0.3) is 0 Å². The van der Waals surface area contributed by atoms with Crippen molar-refractivity contribution in [3.8, 4) is 0 Å². The van der Waals surface area contributed by atoms with E-state index in [2.05, 4.69) is 15.6 Å². The quantitative estimate of drug-likeness (QED) is 0.589. The molecule has 1 aliphatic rings. The summed E-state index contributed by atoms with van der Waals surface area (Å²) in [5.74, 6) is 0.575. The van der Waals surface area contributed by atoms with Gasteiger partial charge in [0.15, 0.2) is 5.96 Å². The van der Waals surface area contributed by atoms with E-state index in [1.54, 1.807) is 11.3 Å². The van der Waals surface area contributed by atoms with Gasteiger partial charge < -0.3 is 10.6 Å². The van der Waals surface area contributed by atoms with Crippen LogP contribution in [0.1, 0.15) is 25.3 Å². The number of halogens is 3. The van der Waals surface area contributed by atoms with Crippen molar-refractivity contribution < 1.29 is 21.6 Å². The summed E-state index contributed by atoms with van der Waals surface area (Å²) in [6.07, 6.45) is 0.580. The Morgan fingerprint density at radius 3 is 2.60 bits per heavy atom. The number of piperidine rings is 1. The molecule has 1 aliphatic heterocycles. The fourth-order valence-corrected chi connectivity index (χ4v) is 4.10. The molecule has 2 rings (SSSR count). The van der Waals surface area contributed by atoms with Gasteiger partial charge in [-0.3, -0.25) is 0 Å². The number of rotatable bonds is 5. The molecule has 0 spiro atoms. The van der Waals surface area contributed by atoms with Crippen LogP contribution >= 0.6 is 11.3 Å². The molecule has 1 saturated heterocycles. The van der Waals surface area contributed by atoms with Crippen molar-refractivity contribution in [3.63, 3.8) is 0 Å². The lowest BCUT2D eigenvalue weighted by molar-refractivity contribution is -0.0494. The summed E-state index contributed by atoms with van der Waals surface area (Å²) in [6, 6.07) is 1.85. The lowest BCUT2D eigenvalue weighted by Gasteiger charge is -2.32. The predicted octanol–water partition coefficient (Wildman–Crippen LogP) is 2.12. The minimum Gasteiger partial charge on any atom is -0.357 e. The van der Waals surface area contributed by atoms with Gasteiger partial charge in [-0.15, -0.1) is 0 Å². The molecular formula is C14H21F3N4O2S2. The van der Waals surface area contributed by atoms with Crippen LogP contribution in [0.5, 0.6) is 0 Å². The first-order valence-electron chi connectivity index (χ1n) is 7.86. The van der Waals surface area contributed by atoms with Gasteiger partial charge in [-0.05, 0) is 42.2 Å². The van der Waals surface area contributed by atoms with Crippen LogP contribution in [0.2, 0.25) is 0 Å².